The standard InChI is InChI=1S/C14H16N2O2/c17-7-3-6-13-15-14(16-18-13)12-8-10-4-1-2-5-11(10)9-12/h1-2,4-5,12,17H,3,6-9H2. The Kier molecular flexibility index (Phi) is 3.11. The zero-order valence-electron chi connectivity index (χ0n) is 10.2. The van der Waals surface area contributed by atoms with Crippen LogP contribution in [-0.4, -0.2) is 21.9 Å². The molecule has 4 heteroatoms. The second-order valence-corrected chi connectivity index (χ2v) is 4.75. The van der Waals surface area contributed by atoms with Crippen LogP contribution >= 0.6 is 0 Å². The number of hydrogen-bond donors (Lipinski definition) is 1. The number of fused-ring (bicyclic) bond motifs is 1. The molecule has 18 heavy (non-hydrogen) atoms. The van der Waals surface area contributed by atoms with Crippen molar-refractivity contribution in [2.24, 2.45) is 0 Å². The molecule has 0 fully saturated rings. The molecule has 0 atom stereocenters. The summed E-state index contributed by atoms with van der Waals surface area (Å²) >= 11 is 0. The van der Waals surface area contributed by atoms with Crippen LogP contribution < -0.4 is 0 Å². The molecule has 0 radical (unpaired) electrons. The second-order valence-electron chi connectivity index (χ2n) is 4.75. The molecule has 3 rings (SSSR count). The van der Waals surface area contributed by atoms with Crippen LogP contribution in [0.2, 0.25) is 0 Å². The highest BCUT2D eigenvalue weighted by molar-refractivity contribution is 5.34. The molecule has 94 valence electrons. The molecule has 0 amide bonds. The van der Waals surface area contributed by atoms with Gasteiger partial charge in [-0.25, -0.2) is 0 Å². The van der Waals surface area contributed by atoms with Crippen LogP contribution in [0.4, 0.5) is 0 Å². The van der Waals surface area contributed by atoms with Gasteiger partial charge in [-0.2, -0.15) is 4.98 Å². The Morgan fingerprint density at radius 2 is 1.94 bits per heavy atom. The van der Waals surface area contributed by atoms with Crippen molar-refractivity contribution < 1.29 is 9.63 Å². The fourth-order valence-corrected chi connectivity index (χ4v) is 2.51. The number of aryl methyl sites for hydroxylation is 1. The SMILES string of the molecule is OCCCc1nc(C2Cc3ccccc3C2)no1. The van der Waals surface area contributed by atoms with Crippen molar-refractivity contribution in [3.63, 3.8) is 0 Å². The lowest BCUT2D eigenvalue weighted by atomic mass is 10.1. The van der Waals surface area contributed by atoms with Crippen LogP contribution in [0, 0.1) is 0 Å². The van der Waals surface area contributed by atoms with E-state index < -0.39 is 0 Å². The molecule has 1 aliphatic rings. The summed E-state index contributed by atoms with van der Waals surface area (Å²) in [6.45, 7) is 0.159. The molecule has 0 spiro atoms. The second kappa shape index (κ2) is 4.90. The molecule has 4 nitrogen and oxygen atoms in total. The molecule has 2 aromatic rings. The molecule has 1 aromatic carbocycles. The molecule has 1 heterocycles. The van der Waals surface area contributed by atoms with E-state index in [2.05, 4.69) is 34.4 Å². The Morgan fingerprint density at radius 3 is 2.61 bits per heavy atom. The summed E-state index contributed by atoms with van der Waals surface area (Å²) in [6, 6.07) is 8.48. The third-order valence-corrected chi connectivity index (χ3v) is 3.45. The number of aromatic nitrogens is 2. The summed E-state index contributed by atoms with van der Waals surface area (Å²) in [4.78, 5) is 4.42. The molecular weight excluding hydrogens is 228 g/mol. The summed E-state index contributed by atoms with van der Waals surface area (Å²) in [7, 11) is 0. The maximum atomic E-state index is 8.77. The lowest BCUT2D eigenvalue weighted by molar-refractivity contribution is 0.278. The van der Waals surface area contributed by atoms with Gasteiger partial charge >= 0.3 is 0 Å². The van der Waals surface area contributed by atoms with E-state index >= 15 is 0 Å². The van der Waals surface area contributed by atoms with Crippen LogP contribution in [0.25, 0.3) is 0 Å². The molecule has 0 aliphatic heterocycles. The summed E-state index contributed by atoms with van der Waals surface area (Å²) in [5, 5.41) is 12.8. The zero-order valence-corrected chi connectivity index (χ0v) is 10.2. The maximum absolute atomic E-state index is 8.77. The van der Waals surface area contributed by atoms with Gasteiger partial charge in [0.1, 0.15) is 0 Å². The monoisotopic (exact) mass is 244 g/mol. The van der Waals surface area contributed by atoms with E-state index in [9.17, 15) is 0 Å². The van der Waals surface area contributed by atoms with Gasteiger partial charge in [0.05, 0.1) is 0 Å². The molecular formula is C14H16N2O2. The number of benzene rings is 1. The topological polar surface area (TPSA) is 59.2 Å². The highest BCUT2D eigenvalue weighted by Gasteiger charge is 2.26. The van der Waals surface area contributed by atoms with Crippen LogP contribution in [0.5, 0.6) is 0 Å². The Morgan fingerprint density at radius 1 is 1.22 bits per heavy atom. The van der Waals surface area contributed by atoms with Gasteiger partial charge in [-0.05, 0) is 30.4 Å². The number of nitrogens with zero attached hydrogens (tertiary/aromatic N) is 2. The first-order valence-corrected chi connectivity index (χ1v) is 6.37. The van der Waals surface area contributed by atoms with E-state index in [0.29, 0.717) is 24.7 Å². The van der Waals surface area contributed by atoms with Crippen molar-refractivity contribution in [1.29, 1.82) is 0 Å². The first-order chi connectivity index (χ1) is 8.86. The van der Waals surface area contributed by atoms with Crippen molar-refractivity contribution in [3.05, 3.63) is 47.1 Å². The van der Waals surface area contributed by atoms with Crippen LogP contribution in [-0.2, 0) is 19.3 Å². The van der Waals surface area contributed by atoms with Crippen LogP contribution in [0.3, 0.4) is 0 Å². The Balaban J connectivity index is 1.72. The van der Waals surface area contributed by atoms with Crippen LogP contribution in [0.1, 0.15) is 35.2 Å². The van der Waals surface area contributed by atoms with Gasteiger partial charge in [0, 0.05) is 18.9 Å². The van der Waals surface area contributed by atoms with E-state index in [4.69, 9.17) is 9.63 Å². The minimum atomic E-state index is 0.159. The van der Waals surface area contributed by atoms with E-state index in [1.807, 2.05) is 0 Å². The lowest BCUT2D eigenvalue weighted by Crippen LogP contribution is -2.00. The average Bonchev–Trinajstić information content (AvgIpc) is 3.02. The smallest absolute Gasteiger partial charge is 0.226 e. The summed E-state index contributed by atoms with van der Waals surface area (Å²) in [6.07, 6.45) is 3.32. The van der Waals surface area contributed by atoms with Crippen molar-refractivity contribution >= 4 is 0 Å². The minimum absolute atomic E-state index is 0.159. The molecule has 0 saturated heterocycles. The van der Waals surface area contributed by atoms with Gasteiger partial charge in [-0.1, -0.05) is 29.4 Å². The van der Waals surface area contributed by atoms with Crippen molar-refractivity contribution in [2.45, 2.75) is 31.6 Å². The van der Waals surface area contributed by atoms with Crippen molar-refractivity contribution in [1.82, 2.24) is 10.1 Å². The lowest BCUT2D eigenvalue weighted by Gasteiger charge is -2.00. The molecule has 0 bridgehead atoms. The van der Waals surface area contributed by atoms with Crippen molar-refractivity contribution in [2.75, 3.05) is 6.61 Å². The third kappa shape index (κ3) is 2.16. The Hall–Kier alpha value is -1.68. The van der Waals surface area contributed by atoms with Gasteiger partial charge in [-0.15, -0.1) is 0 Å². The third-order valence-electron chi connectivity index (χ3n) is 3.45. The molecule has 1 aliphatic carbocycles. The first-order valence-electron chi connectivity index (χ1n) is 6.37. The minimum Gasteiger partial charge on any atom is -0.396 e. The van der Waals surface area contributed by atoms with E-state index in [-0.39, 0.29) is 6.61 Å². The number of rotatable bonds is 4. The summed E-state index contributed by atoms with van der Waals surface area (Å²) in [5.41, 5.74) is 2.79. The Labute approximate surface area is 106 Å². The predicted octanol–water partition coefficient (Wildman–Crippen LogP) is 1.88. The number of hydrogen-bond acceptors (Lipinski definition) is 4. The normalized spacial score (nSPS) is 14.9. The fourth-order valence-electron chi connectivity index (χ4n) is 2.51. The number of aliphatic hydroxyl groups excluding tert-OH is 1. The van der Waals surface area contributed by atoms with Gasteiger partial charge in [0.25, 0.3) is 0 Å². The van der Waals surface area contributed by atoms with Crippen molar-refractivity contribution in [3.8, 4) is 0 Å². The van der Waals surface area contributed by atoms with E-state index in [0.717, 1.165) is 18.7 Å². The largest absolute Gasteiger partial charge is 0.396 e. The summed E-state index contributed by atoms with van der Waals surface area (Å²) in [5.74, 6) is 1.78. The molecule has 0 unspecified atom stereocenters. The Bertz CT molecular complexity index is 511. The predicted molar refractivity (Wildman–Crippen MR) is 66.3 cm³/mol. The fraction of sp³-hybridized carbons (Fsp3) is 0.429. The van der Waals surface area contributed by atoms with Crippen LogP contribution in [0.15, 0.2) is 28.8 Å². The first kappa shape index (κ1) is 11.4. The van der Waals surface area contributed by atoms with Gasteiger partial charge in [-0.3, -0.25) is 0 Å². The maximum Gasteiger partial charge on any atom is 0.226 e. The summed E-state index contributed by atoms with van der Waals surface area (Å²) < 4.78 is 5.21. The van der Waals surface area contributed by atoms with E-state index in [1.165, 1.54) is 11.1 Å². The highest BCUT2D eigenvalue weighted by atomic mass is 16.5. The number of aliphatic hydroxyl groups is 1. The molecule has 1 aromatic heterocycles. The van der Waals surface area contributed by atoms with E-state index in [1.54, 1.807) is 0 Å². The van der Waals surface area contributed by atoms with Gasteiger partial charge in [0.2, 0.25) is 5.89 Å². The van der Waals surface area contributed by atoms with Gasteiger partial charge < -0.3 is 9.63 Å². The zero-order chi connectivity index (χ0) is 12.4. The van der Waals surface area contributed by atoms with Gasteiger partial charge in [0.15, 0.2) is 5.82 Å². The molecule has 0 saturated carbocycles. The quantitative estimate of drug-likeness (QED) is 0.892. The molecule has 1 N–H and O–H groups in total. The highest BCUT2D eigenvalue weighted by Crippen LogP contribution is 2.32. The average molecular weight is 244 g/mol.